The van der Waals surface area contributed by atoms with Gasteiger partial charge in [0.2, 0.25) is 5.28 Å². The van der Waals surface area contributed by atoms with E-state index in [9.17, 15) is 15.3 Å². The Morgan fingerprint density at radius 3 is 2.76 bits per heavy atom. The number of nitrogens with one attached hydrogen (secondary N) is 1. The van der Waals surface area contributed by atoms with Gasteiger partial charge >= 0.3 is 0 Å². The van der Waals surface area contributed by atoms with Gasteiger partial charge in [-0.2, -0.15) is 9.97 Å². The molecule has 0 spiro atoms. The number of nitrogens with zero attached hydrogens (tertiary/aromatic N) is 4. The first-order valence-electron chi connectivity index (χ1n) is 6.27. The van der Waals surface area contributed by atoms with Crippen LogP contribution < -0.4 is 5.32 Å². The number of hydrogen-bond donors (Lipinski definition) is 4. The van der Waals surface area contributed by atoms with Gasteiger partial charge in [0.05, 0.1) is 24.3 Å². The fraction of sp³-hybridized carbons (Fsp3) is 0.545. The molecule has 2 aromatic heterocycles. The summed E-state index contributed by atoms with van der Waals surface area (Å²) in [6, 6.07) is 0. The summed E-state index contributed by atoms with van der Waals surface area (Å²) >= 11 is 7.16. The van der Waals surface area contributed by atoms with E-state index < -0.39 is 22.8 Å². The van der Waals surface area contributed by atoms with Crippen LogP contribution in [-0.4, -0.2) is 66.0 Å². The molecule has 4 atom stereocenters. The second kappa shape index (κ2) is 5.58. The third kappa shape index (κ3) is 2.34. The monoisotopic (exact) mass is 331 g/mol. The predicted octanol–water partition coefficient (Wildman–Crippen LogP) is -0.151. The molecule has 10 heteroatoms. The summed E-state index contributed by atoms with van der Waals surface area (Å²) < 4.78 is 1.64. The van der Waals surface area contributed by atoms with Crippen LogP contribution in [0.15, 0.2) is 6.33 Å². The Labute approximate surface area is 129 Å². The van der Waals surface area contributed by atoms with E-state index in [1.54, 1.807) is 11.6 Å². The molecule has 1 saturated heterocycles. The zero-order chi connectivity index (χ0) is 15.1. The van der Waals surface area contributed by atoms with Crippen molar-refractivity contribution in [1.29, 1.82) is 0 Å². The second-order valence-electron chi connectivity index (χ2n) is 4.64. The summed E-state index contributed by atoms with van der Waals surface area (Å²) in [7, 11) is 1.70. The number of halogens is 1. The summed E-state index contributed by atoms with van der Waals surface area (Å²) in [6.07, 6.45) is -0.524. The van der Waals surface area contributed by atoms with Crippen LogP contribution in [-0.2, 0) is 0 Å². The molecule has 3 heterocycles. The molecule has 1 aliphatic heterocycles. The van der Waals surface area contributed by atoms with Crippen LogP contribution in [0.5, 0.6) is 0 Å². The van der Waals surface area contributed by atoms with E-state index in [4.69, 9.17) is 11.6 Å². The maximum Gasteiger partial charge on any atom is 0.226 e. The van der Waals surface area contributed by atoms with E-state index in [2.05, 4.69) is 20.3 Å². The molecule has 4 N–H and O–H groups in total. The van der Waals surface area contributed by atoms with Gasteiger partial charge in [0, 0.05) is 7.05 Å². The Hall–Kier alpha value is -1.13. The normalized spacial score (nSPS) is 29.2. The lowest BCUT2D eigenvalue weighted by Crippen LogP contribution is -2.32. The fourth-order valence-electron chi connectivity index (χ4n) is 2.36. The van der Waals surface area contributed by atoms with Crippen LogP contribution in [0, 0.1) is 0 Å². The summed E-state index contributed by atoms with van der Waals surface area (Å²) in [5.74, 6) is 0.487. The van der Waals surface area contributed by atoms with Gasteiger partial charge in [-0.15, -0.1) is 11.8 Å². The third-order valence-corrected chi connectivity index (χ3v) is 5.15. The number of thioether (sulfide) groups is 1. The first kappa shape index (κ1) is 14.8. The Kier molecular flexibility index (Phi) is 3.93. The van der Waals surface area contributed by atoms with Gasteiger partial charge in [0.25, 0.3) is 0 Å². The topological polar surface area (TPSA) is 116 Å². The summed E-state index contributed by atoms with van der Waals surface area (Å²) in [5.41, 5.74) is 0.985. The van der Waals surface area contributed by atoms with Crippen molar-refractivity contribution in [3.05, 3.63) is 11.6 Å². The molecule has 0 amide bonds. The van der Waals surface area contributed by atoms with Crippen molar-refractivity contribution in [2.75, 3.05) is 19.0 Å². The lowest BCUT2D eigenvalue weighted by atomic mass is 10.1. The van der Waals surface area contributed by atoms with E-state index >= 15 is 0 Å². The van der Waals surface area contributed by atoms with Crippen molar-refractivity contribution in [2.45, 2.75) is 22.8 Å². The number of anilines is 1. The molecule has 1 aliphatic rings. The average Bonchev–Trinajstić information content (AvgIpc) is 3.01. The number of hydrogen-bond acceptors (Lipinski definition) is 8. The number of aliphatic hydroxyl groups excluding tert-OH is 3. The number of rotatable bonds is 3. The predicted molar refractivity (Wildman–Crippen MR) is 79.4 cm³/mol. The highest BCUT2D eigenvalue weighted by Crippen LogP contribution is 2.43. The Morgan fingerprint density at radius 2 is 2.14 bits per heavy atom. The van der Waals surface area contributed by atoms with Gasteiger partial charge in [0.1, 0.15) is 11.5 Å². The first-order chi connectivity index (χ1) is 10.1. The third-order valence-electron chi connectivity index (χ3n) is 3.42. The standard InChI is InChI=1S/C11H14ClN5O3S/c1-13-8-5-9(16-11(12)15-8)17(3-14-5)10-7(20)6(19)4(2-18)21-10/h3-4,6-7,10,18-20H,2H2,1H3,(H,13,15,16)/t4-,6?,7?,10+/m1/s1. The van der Waals surface area contributed by atoms with Gasteiger partial charge in [-0.3, -0.25) is 4.57 Å². The van der Waals surface area contributed by atoms with E-state index in [1.165, 1.54) is 18.1 Å². The van der Waals surface area contributed by atoms with Crippen molar-refractivity contribution < 1.29 is 15.3 Å². The molecule has 3 rings (SSSR count). The minimum absolute atomic E-state index is 0.0605. The fourth-order valence-corrected chi connectivity index (χ4v) is 3.90. The average molecular weight is 332 g/mol. The lowest BCUT2D eigenvalue weighted by molar-refractivity contribution is 0.0113. The molecule has 0 aromatic carbocycles. The maximum atomic E-state index is 10.2. The van der Waals surface area contributed by atoms with E-state index in [1.807, 2.05) is 0 Å². The van der Waals surface area contributed by atoms with Crippen molar-refractivity contribution in [3.63, 3.8) is 0 Å². The van der Waals surface area contributed by atoms with Gasteiger partial charge < -0.3 is 20.6 Å². The number of aliphatic hydroxyl groups is 3. The zero-order valence-corrected chi connectivity index (χ0v) is 12.6. The second-order valence-corrected chi connectivity index (χ2v) is 6.34. The van der Waals surface area contributed by atoms with Crippen LogP contribution in [0.3, 0.4) is 0 Å². The van der Waals surface area contributed by atoms with Crippen LogP contribution in [0.1, 0.15) is 5.37 Å². The van der Waals surface area contributed by atoms with E-state index in [0.29, 0.717) is 17.0 Å². The molecule has 21 heavy (non-hydrogen) atoms. The van der Waals surface area contributed by atoms with Crippen LogP contribution >= 0.6 is 23.4 Å². The molecular weight excluding hydrogens is 318 g/mol. The molecule has 1 fully saturated rings. The highest BCUT2D eigenvalue weighted by atomic mass is 35.5. The molecule has 114 valence electrons. The quantitative estimate of drug-likeness (QED) is 0.574. The molecule has 2 aromatic rings. The largest absolute Gasteiger partial charge is 0.395 e. The van der Waals surface area contributed by atoms with Crippen molar-refractivity contribution in [3.8, 4) is 0 Å². The number of aromatic nitrogens is 4. The zero-order valence-electron chi connectivity index (χ0n) is 11.0. The number of imidazole rings is 1. The van der Waals surface area contributed by atoms with Crippen LogP contribution in [0.4, 0.5) is 5.82 Å². The summed E-state index contributed by atoms with van der Waals surface area (Å²) in [5, 5.41) is 31.3. The highest BCUT2D eigenvalue weighted by molar-refractivity contribution is 8.00. The van der Waals surface area contributed by atoms with E-state index in [0.717, 1.165) is 0 Å². The molecule has 8 nitrogen and oxygen atoms in total. The molecule has 0 aliphatic carbocycles. The van der Waals surface area contributed by atoms with E-state index in [-0.39, 0.29) is 11.9 Å². The first-order valence-corrected chi connectivity index (χ1v) is 7.59. The lowest BCUT2D eigenvalue weighted by Gasteiger charge is -2.17. The Balaban J connectivity index is 2.07. The summed E-state index contributed by atoms with van der Waals surface area (Å²) in [6.45, 7) is -0.219. The SMILES string of the molecule is CNc1nc(Cl)nc2c1ncn2[C@H]1S[C@H](CO)C(O)C1O. The van der Waals surface area contributed by atoms with Crippen molar-refractivity contribution >= 4 is 40.3 Å². The van der Waals surface area contributed by atoms with Gasteiger partial charge in [-0.05, 0) is 11.6 Å². The van der Waals surface area contributed by atoms with Crippen molar-refractivity contribution in [2.24, 2.45) is 0 Å². The Morgan fingerprint density at radius 1 is 1.38 bits per heavy atom. The van der Waals surface area contributed by atoms with Crippen molar-refractivity contribution in [1.82, 2.24) is 19.5 Å². The number of fused-ring (bicyclic) bond motifs is 1. The molecule has 2 unspecified atom stereocenters. The summed E-state index contributed by atoms with van der Waals surface area (Å²) in [4.78, 5) is 12.4. The molecule has 0 saturated carbocycles. The molecular formula is C11H14ClN5O3S. The smallest absolute Gasteiger partial charge is 0.226 e. The van der Waals surface area contributed by atoms with Gasteiger partial charge in [0.15, 0.2) is 17.0 Å². The van der Waals surface area contributed by atoms with Crippen LogP contribution in [0.2, 0.25) is 5.28 Å². The van der Waals surface area contributed by atoms with Gasteiger partial charge in [-0.25, -0.2) is 4.98 Å². The highest BCUT2D eigenvalue weighted by Gasteiger charge is 2.43. The molecule has 0 radical (unpaired) electrons. The van der Waals surface area contributed by atoms with Gasteiger partial charge in [-0.1, -0.05) is 0 Å². The minimum Gasteiger partial charge on any atom is -0.395 e. The maximum absolute atomic E-state index is 10.2. The Bertz CT molecular complexity index is 669. The molecule has 0 bridgehead atoms. The van der Waals surface area contributed by atoms with Crippen LogP contribution in [0.25, 0.3) is 11.2 Å². The minimum atomic E-state index is -1.03.